The van der Waals surface area contributed by atoms with Gasteiger partial charge < -0.3 is 18.9 Å². The topological polar surface area (TPSA) is 36.9 Å². The van der Waals surface area contributed by atoms with Crippen LogP contribution in [0.5, 0.6) is 0 Å². The Morgan fingerprint density at radius 2 is 0.974 bits per heavy atom. The van der Waals surface area contributed by atoms with Crippen LogP contribution in [0.1, 0.15) is 22.3 Å². The average Bonchev–Trinajstić information content (AvgIpc) is 3.32. The van der Waals surface area contributed by atoms with Crippen molar-refractivity contribution in [3.63, 3.8) is 0 Å². The molecule has 5 heteroatoms. The fourth-order valence-electron chi connectivity index (χ4n) is 4.49. The maximum absolute atomic E-state index is 6.61. The lowest BCUT2D eigenvalue weighted by Gasteiger charge is -2.25. The van der Waals surface area contributed by atoms with Crippen molar-refractivity contribution in [1.82, 2.24) is 0 Å². The molecule has 0 aromatic heterocycles. The van der Waals surface area contributed by atoms with Crippen LogP contribution in [0.3, 0.4) is 0 Å². The zero-order valence-electron chi connectivity index (χ0n) is 21.4. The summed E-state index contributed by atoms with van der Waals surface area (Å²) >= 11 is 1.76. The van der Waals surface area contributed by atoms with Gasteiger partial charge in [-0.05, 0) is 22.3 Å². The van der Waals surface area contributed by atoms with Crippen molar-refractivity contribution in [2.75, 3.05) is 6.61 Å². The Hall–Kier alpha value is -2.93. The third-order valence-electron chi connectivity index (χ3n) is 6.49. The number of ether oxygens (including phenoxy) is 4. The summed E-state index contributed by atoms with van der Waals surface area (Å²) in [6.07, 6.45) is -0.739. The van der Waals surface area contributed by atoms with Crippen LogP contribution in [0.15, 0.2) is 121 Å². The maximum Gasteiger partial charge on any atom is 0.133 e. The summed E-state index contributed by atoms with van der Waals surface area (Å²) in [5.74, 6) is 0.833. The Morgan fingerprint density at radius 3 is 1.50 bits per heavy atom. The van der Waals surface area contributed by atoms with Gasteiger partial charge in [-0.25, -0.2) is 0 Å². The van der Waals surface area contributed by atoms with Crippen LogP contribution in [0.4, 0.5) is 0 Å². The number of benzene rings is 4. The second-order valence-electron chi connectivity index (χ2n) is 9.36. The van der Waals surface area contributed by atoms with E-state index in [4.69, 9.17) is 18.9 Å². The summed E-state index contributed by atoms with van der Waals surface area (Å²) in [5, 5.41) is 0. The van der Waals surface area contributed by atoms with Gasteiger partial charge >= 0.3 is 0 Å². The van der Waals surface area contributed by atoms with E-state index in [-0.39, 0.29) is 23.7 Å². The van der Waals surface area contributed by atoms with Gasteiger partial charge in [0.2, 0.25) is 0 Å². The first kappa shape index (κ1) is 26.7. The highest BCUT2D eigenvalue weighted by Crippen LogP contribution is 2.36. The van der Waals surface area contributed by atoms with Gasteiger partial charge in [-0.3, -0.25) is 0 Å². The van der Waals surface area contributed by atoms with Gasteiger partial charge in [0.15, 0.2) is 0 Å². The van der Waals surface area contributed by atoms with Crippen molar-refractivity contribution < 1.29 is 18.9 Å². The van der Waals surface area contributed by atoms with E-state index >= 15 is 0 Å². The molecule has 0 bridgehead atoms. The normalized spacial score (nSPS) is 20.9. The minimum atomic E-state index is -0.261. The molecule has 0 amide bonds. The zero-order chi connectivity index (χ0) is 25.8. The Balaban J connectivity index is 1.31. The van der Waals surface area contributed by atoms with Crippen molar-refractivity contribution in [2.24, 2.45) is 0 Å². The molecule has 1 fully saturated rings. The van der Waals surface area contributed by atoms with E-state index in [2.05, 4.69) is 60.7 Å². The Bertz CT molecular complexity index is 1190. The third-order valence-corrected chi connectivity index (χ3v) is 7.70. The van der Waals surface area contributed by atoms with Crippen molar-refractivity contribution >= 4 is 11.8 Å². The molecule has 196 valence electrons. The molecule has 0 aliphatic carbocycles. The molecule has 1 unspecified atom stereocenters. The quantitative estimate of drug-likeness (QED) is 0.187. The minimum absolute atomic E-state index is 0.176. The van der Waals surface area contributed by atoms with Crippen LogP contribution >= 0.6 is 11.8 Å². The van der Waals surface area contributed by atoms with Crippen LogP contribution in [-0.2, 0) is 44.5 Å². The van der Waals surface area contributed by atoms with Crippen molar-refractivity contribution in [2.45, 2.75) is 49.3 Å². The summed E-state index contributed by atoms with van der Waals surface area (Å²) in [7, 11) is 0. The standard InChI is InChI=1S/C33H34O4S/c1-5-13-26(14-6-1)21-34-24-30-31(35-22-27-15-7-2-8-16-27)32(36-23-28-17-9-3-10-18-28)33(37-30)38-25-29-19-11-4-12-20-29/h1-20,30-33H,21-25H2/t30-,31+,32+,33?/m0/s1. The molecule has 4 nitrogen and oxygen atoms in total. The maximum atomic E-state index is 6.61. The van der Waals surface area contributed by atoms with E-state index in [1.54, 1.807) is 11.8 Å². The summed E-state index contributed by atoms with van der Waals surface area (Å²) in [4.78, 5) is 0. The highest BCUT2D eigenvalue weighted by atomic mass is 32.2. The molecule has 5 rings (SSSR count). The molecule has 0 radical (unpaired) electrons. The minimum Gasteiger partial charge on any atom is -0.374 e. The Labute approximate surface area is 229 Å². The predicted molar refractivity (Wildman–Crippen MR) is 153 cm³/mol. The van der Waals surface area contributed by atoms with E-state index in [1.807, 2.05) is 60.7 Å². The highest BCUT2D eigenvalue weighted by Gasteiger charge is 2.46. The van der Waals surface area contributed by atoms with Gasteiger partial charge in [-0.15, -0.1) is 11.8 Å². The number of rotatable bonds is 13. The monoisotopic (exact) mass is 526 g/mol. The first-order chi connectivity index (χ1) is 18.8. The molecule has 4 atom stereocenters. The van der Waals surface area contributed by atoms with E-state index < -0.39 is 0 Å². The molecule has 38 heavy (non-hydrogen) atoms. The highest BCUT2D eigenvalue weighted by molar-refractivity contribution is 7.99. The summed E-state index contributed by atoms with van der Waals surface area (Å²) in [5.41, 5.74) is 4.47. The van der Waals surface area contributed by atoms with E-state index in [0.717, 1.165) is 22.4 Å². The fraction of sp³-hybridized carbons (Fsp3) is 0.273. The summed E-state index contributed by atoms with van der Waals surface area (Å²) < 4.78 is 25.9. The molecule has 1 heterocycles. The second kappa shape index (κ2) is 14.3. The number of hydrogen-bond donors (Lipinski definition) is 0. The van der Waals surface area contributed by atoms with Crippen LogP contribution in [0, 0.1) is 0 Å². The lowest BCUT2D eigenvalue weighted by molar-refractivity contribution is -0.0895. The Kier molecular flexibility index (Phi) is 10.0. The zero-order valence-corrected chi connectivity index (χ0v) is 22.2. The van der Waals surface area contributed by atoms with Crippen molar-refractivity contribution in [3.8, 4) is 0 Å². The molecular weight excluding hydrogens is 492 g/mol. The summed E-state index contributed by atoms with van der Waals surface area (Å²) in [6.45, 7) is 1.96. The van der Waals surface area contributed by atoms with Crippen molar-refractivity contribution in [3.05, 3.63) is 144 Å². The van der Waals surface area contributed by atoms with Gasteiger partial charge in [0.25, 0.3) is 0 Å². The summed E-state index contributed by atoms with van der Waals surface area (Å²) in [6, 6.07) is 41.2. The lowest BCUT2D eigenvalue weighted by Crippen LogP contribution is -2.38. The van der Waals surface area contributed by atoms with Gasteiger partial charge in [-0.2, -0.15) is 0 Å². The van der Waals surface area contributed by atoms with Crippen LogP contribution in [-0.4, -0.2) is 30.4 Å². The molecule has 0 N–H and O–H groups in total. The predicted octanol–water partition coefficient (Wildman–Crippen LogP) is 7.03. The Morgan fingerprint density at radius 1 is 0.526 bits per heavy atom. The molecule has 1 aliphatic rings. The second-order valence-corrected chi connectivity index (χ2v) is 10.4. The van der Waals surface area contributed by atoms with Crippen LogP contribution in [0.25, 0.3) is 0 Å². The SMILES string of the molecule is c1ccc(COC[C@@H]2OC(SCc3ccccc3)[C@H](OCc3ccccc3)[C@@H]2OCc2ccccc2)cc1. The molecular formula is C33H34O4S. The van der Waals surface area contributed by atoms with Gasteiger partial charge in [0.1, 0.15) is 23.7 Å². The average molecular weight is 527 g/mol. The van der Waals surface area contributed by atoms with Crippen molar-refractivity contribution in [1.29, 1.82) is 0 Å². The molecule has 4 aromatic carbocycles. The van der Waals surface area contributed by atoms with E-state index in [9.17, 15) is 0 Å². The van der Waals surface area contributed by atoms with Gasteiger partial charge in [-0.1, -0.05) is 121 Å². The van der Waals surface area contributed by atoms with E-state index in [0.29, 0.717) is 26.4 Å². The molecule has 1 saturated heterocycles. The smallest absolute Gasteiger partial charge is 0.133 e. The van der Waals surface area contributed by atoms with Crippen LogP contribution < -0.4 is 0 Å². The lowest BCUT2D eigenvalue weighted by atomic mass is 10.1. The van der Waals surface area contributed by atoms with Gasteiger partial charge in [0, 0.05) is 5.75 Å². The molecule has 4 aromatic rings. The number of hydrogen-bond acceptors (Lipinski definition) is 5. The first-order valence-corrected chi connectivity index (χ1v) is 14.1. The first-order valence-electron chi connectivity index (χ1n) is 13.1. The fourth-order valence-corrected chi connectivity index (χ4v) is 5.68. The van der Waals surface area contributed by atoms with Gasteiger partial charge in [0.05, 0.1) is 26.4 Å². The van der Waals surface area contributed by atoms with E-state index in [1.165, 1.54) is 5.56 Å². The molecule has 0 saturated carbocycles. The third kappa shape index (κ3) is 7.79. The molecule has 0 spiro atoms. The molecule has 1 aliphatic heterocycles. The largest absolute Gasteiger partial charge is 0.374 e. The van der Waals surface area contributed by atoms with Crippen LogP contribution in [0.2, 0.25) is 0 Å². The number of thioether (sulfide) groups is 1.